The maximum absolute atomic E-state index is 14.6. The summed E-state index contributed by atoms with van der Waals surface area (Å²) >= 11 is 1.33. The minimum absolute atomic E-state index is 0.0102. The molecule has 296 valence electrons. The van der Waals surface area contributed by atoms with Gasteiger partial charge in [0.15, 0.2) is 0 Å². The Kier molecular flexibility index (Phi) is 17.2. The monoisotopic (exact) mass is 757 g/mol. The van der Waals surface area contributed by atoms with E-state index < -0.39 is 42.0 Å². The number of hydrogen-bond acceptors (Lipinski definition) is 9. The van der Waals surface area contributed by atoms with Gasteiger partial charge in [-0.2, -0.15) is 0 Å². The first-order chi connectivity index (χ1) is 25.2. The zero-order valence-corrected chi connectivity index (χ0v) is 33.9. The Morgan fingerprint density at radius 1 is 1.02 bits per heavy atom. The molecule has 0 aliphatic heterocycles. The molecule has 53 heavy (non-hydrogen) atoms. The number of carbonyl (C=O) groups is 4. The molecule has 1 aliphatic rings. The zero-order valence-electron chi connectivity index (χ0n) is 33.1. The quantitative estimate of drug-likeness (QED) is 0.102. The molecule has 0 spiro atoms. The first-order valence-electron chi connectivity index (χ1n) is 19.4. The number of thiazole rings is 1. The van der Waals surface area contributed by atoms with E-state index in [1.165, 1.54) is 23.5 Å². The van der Waals surface area contributed by atoms with Crippen molar-refractivity contribution in [2.75, 3.05) is 20.2 Å². The fourth-order valence-electron chi connectivity index (χ4n) is 7.17. The van der Waals surface area contributed by atoms with Gasteiger partial charge in [-0.05, 0) is 73.7 Å². The largest absolute Gasteiger partial charge is 0.508 e. The summed E-state index contributed by atoms with van der Waals surface area (Å²) in [6.45, 7) is 17.3. The van der Waals surface area contributed by atoms with Gasteiger partial charge in [0.05, 0.1) is 12.0 Å². The summed E-state index contributed by atoms with van der Waals surface area (Å²) in [6, 6.07) is 2.95. The number of fused-ring (bicyclic) bond motifs is 1. The van der Waals surface area contributed by atoms with Gasteiger partial charge in [0.2, 0.25) is 11.8 Å². The summed E-state index contributed by atoms with van der Waals surface area (Å²) in [5, 5.41) is 31.4. The Bertz CT molecular complexity index is 1520. The molecule has 0 radical (unpaired) electrons. The molecule has 1 heterocycles. The van der Waals surface area contributed by atoms with Crippen LogP contribution in [0.4, 0.5) is 0 Å². The SMILES string of the molecule is CCCO[C@H](C[C@H](C(C)C)N(CCC)C(=O)[C@@H](NC(=O)[C@@H](NC)[C@@H](C)CC)[C@@H](C)CC)c1nc(C(=O)N[C@H]2Cc3ccc(O)cc3[C@H](C(=O)O)C2)cs1. The van der Waals surface area contributed by atoms with Crippen LogP contribution in [-0.4, -0.2) is 88.2 Å². The lowest BCUT2D eigenvalue weighted by atomic mass is 9.80. The average Bonchev–Trinajstić information content (AvgIpc) is 3.63. The van der Waals surface area contributed by atoms with Crippen molar-refractivity contribution in [3.63, 3.8) is 0 Å². The van der Waals surface area contributed by atoms with Crippen molar-refractivity contribution in [2.24, 2.45) is 17.8 Å². The lowest BCUT2D eigenvalue weighted by Crippen LogP contribution is -2.59. The van der Waals surface area contributed by atoms with E-state index in [1.807, 2.05) is 46.4 Å². The number of hydrogen-bond donors (Lipinski definition) is 5. The number of likely N-dealkylation sites (N-methyl/N-ethyl adjacent to an activating group) is 1. The molecule has 12 nitrogen and oxygen atoms in total. The van der Waals surface area contributed by atoms with E-state index in [1.54, 1.807) is 18.5 Å². The van der Waals surface area contributed by atoms with E-state index in [2.05, 4.69) is 29.8 Å². The molecule has 2 aromatic rings. The molecular formula is C40H63N5O7S. The number of aliphatic carboxylic acids is 1. The van der Waals surface area contributed by atoms with E-state index in [0.29, 0.717) is 36.6 Å². The van der Waals surface area contributed by atoms with Crippen LogP contribution in [0.5, 0.6) is 5.75 Å². The maximum Gasteiger partial charge on any atom is 0.311 e. The first kappa shape index (κ1) is 43.9. The summed E-state index contributed by atoms with van der Waals surface area (Å²) in [4.78, 5) is 60.4. The molecule has 0 fully saturated rings. The zero-order chi connectivity index (χ0) is 39.4. The van der Waals surface area contributed by atoms with E-state index in [4.69, 9.17) is 9.72 Å². The van der Waals surface area contributed by atoms with Crippen molar-refractivity contribution in [1.82, 2.24) is 25.8 Å². The molecule has 0 unspecified atom stereocenters. The summed E-state index contributed by atoms with van der Waals surface area (Å²) in [5.41, 5.74) is 1.56. The summed E-state index contributed by atoms with van der Waals surface area (Å²) in [7, 11) is 1.77. The highest BCUT2D eigenvalue weighted by Gasteiger charge is 2.38. The van der Waals surface area contributed by atoms with Crippen LogP contribution in [0.1, 0.15) is 133 Å². The Balaban J connectivity index is 1.86. The van der Waals surface area contributed by atoms with Gasteiger partial charge in [-0.15, -0.1) is 11.3 Å². The van der Waals surface area contributed by atoms with Gasteiger partial charge in [-0.25, -0.2) is 4.98 Å². The van der Waals surface area contributed by atoms with Crippen LogP contribution in [-0.2, 0) is 25.5 Å². The van der Waals surface area contributed by atoms with Crippen molar-refractivity contribution in [1.29, 1.82) is 0 Å². The molecule has 13 heteroatoms. The summed E-state index contributed by atoms with van der Waals surface area (Å²) in [5.74, 6) is -2.47. The van der Waals surface area contributed by atoms with Crippen LogP contribution in [0.15, 0.2) is 23.6 Å². The van der Waals surface area contributed by atoms with Gasteiger partial charge in [0.25, 0.3) is 5.91 Å². The number of aromatic nitrogens is 1. The smallest absolute Gasteiger partial charge is 0.311 e. The molecule has 5 N–H and O–H groups in total. The molecule has 1 aromatic carbocycles. The van der Waals surface area contributed by atoms with E-state index in [-0.39, 0.29) is 53.5 Å². The number of amides is 3. The number of nitrogens with zero attached hydrogens (tertiary/aromatic N) is 2. The second kappa shape index (κ2) is 20.8. The Morgan fingerprint density at radius 3 is 2.28 bits per heavy atom. The van der Waals surface area contributed by atoms with E-state index in [9.17, 15) is 29.4 Å². The predicted octanol–water partition coefficient (Wildman–Crippen LogP) is 6.05. The van der Waals surface area contributed by atoms with Crippen molar-refractivity contribution < 1.29 is 34.1 Å². The van der Waals surface area contributed by atoms with E-state index in [0.717, 1.165) is 31.2 Å². The second-order valence-corrected chi connectivity index (χ2v) is 15.8. The summed E-state index contributed by atoms with van der Waals surface area (Å²) in [6.07, 6.45) is 3.66. The van der Waals surface area contributed by atoms with Crippen LogP contribution in [0, 0.1) is 17.8 Å². The highest BCUT2D eigenvalue weighted by molar-refractivity contribution is 7.09. The highest BCUT2D eigenvalue weighted by atomic mass is 32.1. The maximum atomic E-state index is 14.6. The van der Waals surface area contributed by atoms with E-state index >= 15 is 0 Å². The number of ether oxygens (including phenoxy) is 1. The molecule has 0 saturated carbocycles. The van der Waals surface area contributed by atoms with Gasteiger partial charge in [-0.1, -0.05) is 74.3 Å². The fourth-order valence-corrected chi connectivity index (χ4v) is 8.03. The molecular weight excluding hydrogens is 695 g/mol. The molecule has 3 amide bonds. The number of phenols is 1. The fraction of sp³-hybridized carbons (Fsp3) is 0.675. The molecule has 1 aliphatic carbocycles. The number of phenolic OH excluding ortho intramolecular Hbond substituents is 1. The van der Waals surface area contributed by atoms with Crippen molar-refractivity contribution in [2.45, 2.75) is 137 Å². The second-order valence-electron chi connectivity index (χ2n) is 14.9. The van der Waals surface area contributed by atoms with Crippen molar-refractivity contribution in [3.05, 3.63) is 45.4 Å². The minimum atomic E-state index is -1.01. The number of aromatic hydroxyl groups is 1. The third-order valence-electron chi connectivity index (χ3n) is 10.6. The Hall–Kier alpha value is -3.55. The minimum Gasteiger partial charge on any atom is -0.508 e. The standard InChI is InChI=1S/C40H63N5O7S/c1-10-16-45(39(49)35(25(8)13-4)44-37(48)34(41-9)24(7)12-3)32(23(5)6)21-33(52-17-11-2)38-43-31(22-53-38)36(47)42-27-18-26-14-15-28(46)20-29(26)30(19-27)40(50)51/h14-15,20,22-25,27,30,32-35,41,46H,10-13,16-19,21H2,1-9H3,(H,42,47)(H,44,48)(H,50,51)/t24-,25-,27-,30+,32+,33+,34-,35-/m0/s1. The molecule has 8 atom stereocenters. The lowest BCUT2D eigenvalue weighted by Gasteiger charge is -2.39. The third-order valence-corrected chi connectivity index (χ3v) is 11.6. The predicted molar refractivity (Wildman–Crippen MR) is 208 cm³/mol. The number of benzene rings is 1. The van der Waals surface area contributed by atoms with Gasteiger partial charge in [0.1, 0.15) is 28.6 Å². The van der Waals surface area contributed by atoms with Crippen molar-refractivity contribution >= 4 is 35.0 Å². The van der Waals surface area contributed by atoms with Crippen LogP contribution >= 0.6 is 11.3 Å². The number of nitrogens with one attached hydrogen (secondary N) is 3. The first-order valence-corrected chi connectivity index (χ1v) is 20.3. The van der Waals surface area contributed by atoms with Crippen LogP contribution in [0.3, 0.4) is 0 Å². The molecule has 3 rings (SSSR count). The van der Waals surface area contributed by atoms with Crippen LogP contribution in [0.25, 0.3) is 0 Å². The number of carbonyl (C=O) groups excluding carboxylic acids is 3. The Labute approximate surface area is 319 Å². The normalized spacial score (nSPS) is 19.0. The van der Waals surface area contributed by atoms with Gasteiger partial charge < -0.3 is 35.8 Å². The molecule has 1 aromatic heterocycles. The average molecular weight is 758 g/mol. The van der Waals surface area contributed by atoms with Crippen LogP contribution in [0.2, 0.25) is 0 Å². The Morgan fingerprint density at radius 2 is 1.70 bits per heavy atom. The number of carboxylic acids is 1. The highest BCUT2D eigenvalue weighted by Crippen LogP contribution is 2.35. The molecule has 0 bridgehead atoms. The van der Waals surface area contributed by atoms with Crippen molar-refractivity contribution in [3.8, 4) is 5.75 Å². The van der Waals surface area contributed by atoms with Gasteiger partial charge in [-0.3, -0.25) is 19.2 Å². The summed E-state index contributed by atoms with van der Waals surface area (Å²) < 4.78 is 6.39. The number of carboxylic acid groups (broad SMARTS) is 1. The molecule has 0 saturated heterocycles. The topological polar surface area (TPSA) is 170 Å². The van der Waals surface area contributed by atoms with Gasteiger partial charge in [0, 0.05) is 37.0 Å². The third kappa shape index (κ3) is 11.5. The van der Waals surface area contributed by atoms with Gasteiger partial charge >= 0.3 is 5.97 Å². The van der Waals surface area contributed by atoms with Crippen LogP contribution < -0.4 is 16.0 Å². The number of rotatable bonds is 21. The lowest BCUT2D eigenvalue weighted by molar-refractivity contribution is -0.142.